The zero-order chi connectivity index (χ0) is 12.2. The van der Waals surface area contributed by atoms with E-state index in [0.717, 1.165) is 17.8 Å². The standard InChI is InChI=1S/C15H22O/c1-12(2)9-10-15(3,4)14-7-5-13(11-16)6-8-14/h5-8,11-12H,9-10H2,1-4H3. The first-order chi connectivity index (χ1) is 7.45. The molecule has 0 fully saturated rings. The van der Waals surface area contributed by atoms with Gasteiger partial charge in [-0.25, -0.2) is 0 Å². The molecule has 1 aromatic carbocycles. The first-order valence-electron chi connectivity index (χ1n) is 6.01. The van der Waals surface area contributed by atoms with Gasteiger partial charge >= 0.3 is 0 Å². The summed E-state index contributed by atoms with van der Waals surface area (Å²) < 4.78 is 0. The summed E-state index contributed by atoms with van der Waals surface area (Å²) in [5, 5.41) is 0. The molecule has 0 aliphatic heterocycles. The summed E-state index contributed by atoms with van der Waals surface area (Å²) in [5.41, 5.74) is 2.27. The number of aldehydes is 1. The van der Waals surface area contributed by atoms with Gasteiger partial charge in [-0.05, 0) is 23.3 Å². The summed E-state index contributed by atoms with van der Waals surface area (Å²) in [6, 6.07) is 7.95. The van der Waals surface area contributed by atoms with Crippen LogP contribution in [0.4, 0.5) is 0 Å². The van der Waals surface area contributed by atoms with E-state index in [1.807, 2.05) is 12.1 Å². The van der Waals surface area contributed by atoms with Crippen molar-refractivity contribution in [3.63, 3.8) is 0 Å². The van der Waals surface area contributed by atoms with E-state index in [0.29, 0.717) is 0 Å². The predicted molar refractivity (Wildman–Crippen MR) is 68.9 cm³/mol. The Bertz CT molecular complexity index is 333. The summed E-state index contributed by atoms with van der Waals surface area (Å²) in [6.45, 7) is 9.05. The van der Waals surface area contributed by atoms with Gasteiger partial charge in [0.05, 0.1) is 0 Å². The minimum Gasteiger partial charge on any atom is -0.298 e. The molecule has 0 radical (unpaired) electrons. The number of rotatable bonds is 5. The fourth-order valence-electron chi connectivity index (χ4n) is 1.81. The molecular weight excluding hydrogens is 196 g/mol. The molecule has 0 aliphatic carbocycles. The van der Waals surface area contributed by atoms with Gasteiger partial charge in [0, 0.05) is 5.56 Å². The Morgan fingerprint density at radius 2 is 1.75 bits per heavy atom. The molecule has 0 amide bonds. The molecule has 1 aromatic rings. The van der Waals surface area contributed by atoms with Crippen molar-refractivity contribution < 1.29 is 4.79 Å². The zero-order valence-corrected chi connectivity index (χ0v) is 10.8. The third-order valence-corrected chi connectivity index (χ3v) is 3.17. The molecule has 0 unspecified atom stereocenters. The van der Waals surface area contributed by atoms with Gasteiger partial charge in [-0.15, -0.1) is 0 Å². The van der Waals surface area contributed by atoms with Crippen molar-refractivity contribution in [3.05, 3.63) is 35.4 Å². The Balaban J connectivity index is 2.76. The Labute approximate surface area is 98.9 Å². The van der Waals surface area contributed by atoms with Gasteiger partial charge in [-0.3, -0.25) is 4.79 Å². The first-order valence-corrected chi connectivity index (χ1v) is 6.01. The maximum Gasteiger partial charge on any atom is 0.150 e. The van der Waals surface area contributed by atoms with E-state index in [1.54, 1.807) is 0 Å². The average Bonchev–Trinajstić information content (AvgIpc) is 2.27. The predicted octanol–water partition coefficient (Wildman–Crippen LogP) is 4.21. The monoisotopic (exact) mass is 218 g/mol. The fourth-order valence-corrected chi connectivity index (χ4v) is 1.81. The minimum absolute atomic E-state index is 0.200. The third kappa shape index (κ3) is 3.48. The van der Waals surface area contributed by atoms with Crippen molar-refractivity contribution in [1.82, 2.24) is 0 Å². The van der Waals surface area contributed by atoms with Gasteiger partial charge in [-0.1, -0.05) is 58.4 Å². The highest BCUT2D eigenvalue weighted by molar-refractivity contribution is 5.74. The lowest BCUT2D eigenvalue weighted by Crippen LogP contribution is -2.17. The smallest absolute Gasteiger partial charge is 0.150 e. The molecule has 0 spiro atoms. The molecule has 0 aliphatic rings. The Morgan fingerprint density at radius 3 is 2.19 bits per heavy atom. The molecule has 0 saturated heterocycles. The van der Waals surface area contributed by atoms with E-state index in [-0.39, 0.29) is 5.41 Å². The van der Waals surface area contributed by atoms with Gasteiger partial charge in [0.15, 0.2) is 0 Å². The van der Waals surface area contributed by atoms with Gasteiger partial charge < -0.3 is 0 Å². The zero-order valence-electron chi connectivity index (χ0n) is 10.8. The maximum atomic E-state index is 10.6. The maximum absolute atomic E-state index is 10.6. The Hall–Kier alpha value is -1.11. The summed E-state index contributed by atoms with van der Waals surface area (Å²) >= 11 is 0. The average molecular weight is 218 g/mol. The van der Waals surface area contributed by atoms with Crippen LogP contribution in [0.3, 0.4) is 0 Å². The van der Waals surface area contributed by atoms with Crippen molar-refractivity contribution in [2.24, 2.45) is 5.92 Å². The molecule has 88 valence electrons. The molecule has 0 heterocycles. The number of carbonyl (C=O) groups is 1. The van der Waals surface area contributed by atoms with Crippen LogP contribution in [0.15, 0.2) is 24.3 Å². The van der Waals surface area contributed by atoms with Crippen LogP contribution in [0.2, 0.25) is 0 Å². The molecule has 0 aromatic heterocycles. The first kappa shape index (κ1) is 13.0. The van der Waals surface area contributed by atoms with E-state index in [9.17, 15) is 4.79 Å². The number of hydrogen-bond acceptors (Lipinski definition) is 1. The van der Waals surface area contributed by atoms with E-state index < -0.39 is 0 Å². The molecule has 0 bridgehead atoms. The molecule has 16 heavy (non-hydrogen) atoms. The Kier molecular flexibility index (Phi) is 4.28. The van der Waals surface area contributed by atoms with Crippen LogP contribution in [0.25, 0.3) is 0 Å². The van der Waals surface area contributed by atoms with Crippen molar-refractivity contribution in [3.8, 4) is 0 Å². The highest BCUT2D eigenvalue weighted by Crippen LogP contribution is 2.29. The highest BCUT2D eigenvalue weighted by atomic mass is 16.1. The lowest BCUT2D eigenvalue weighted by molar-refractivity contribution is 0.112. The second kappa shape index (κ2) is 5.29. The third-order valence-electron chi connectivity index (χ3n) is 3.17. The fraction of sp³-hybridized carbons (Fsp3) is 0.533. The molecule has 0 atom stereocenters. The highest BCUT2D eigenvalue weighted by Gasteiger charge is 2.20. The van der Waals surface area contributed by atoms with Crippen LogP contribution in [0.5, 0.6) is 0 Å². The van der Waals surface area contributed by atoms with E-state index in [1.165, 1.54) is 18.4 Å². The number of carbonyl (C=O) groups excluding carboxylic acids is 1. The lowest BCUT2D eigenvalue weighted by Gasteiger charge is -2.26. The van der Waals surface area contributed by atoms with Crippen molar-refractivity contribution >= 4 is 6.29 Å². The van der Waals surface area contributed by atoms with Crippen LogP contribution >= 0.6 is 0 Å². The number of hydrogen-bond donors (Lipinski definition) is 0. The van der Waals surface area contributed by atoms with E-state index >= 15 is 0 Å². The SMILES string of the molecule is CC(C)CCC(C)(C)c1ccc(C=O)cc1. The van der Waals surface area contributed by atoms with Gasteiger partial charge in [-0.2, -0.15) is 0 Å². The molecule has 0 N–H and O–H groups in total. The lowest BCUT2D eigenvalue weighted by atomic mass is 9.79. The molecule has 1 rings (SSSR count). The van der Waals surface area contributed by atoms with Crippen LogP contribution in [-0.4, -0.2) is 6.29 Å². The van der Waals surface area contributed by atoms with Crippen LogP contribution in [-0.2, 0) is 5.41 Å². The molecule has 1 heteroatoms. The second-order valence-corrected chi connectivity index (χ2v) is 5.56. The van der Waals surface area contributed by atoms with Crippen molar-refractivity contribution in [2.75, 3.05) is 0 Å². The van der Waals surface area contributed by atoms with Crippen LogP contribution in [0, 0.1) is 5.92 Å². The van der Waals surface area contributed by atoms with Crippen LogP contribution in [0.1, 0.15) is 56.5 Å². The second-order valence-electron chi connectivity index (χ2n) is 5.56. The normalized spacial score (nSPS) is 11.8. The van der Waals surface area contributed by atoms with E-state index in [4.69, 9.17) is 0 Å². The summed E-state index contributed by atoms with van der Waals surface area (Å²) in [5.74, 6) is 0.744. The van der Waals surface area contributed by atoms with Gasteiger partial charge in [0.1, 0.15) is 6.29 Å². The minimum atomic E-state index is 0.200. The summed E-state index contributed by atoms with van der Waals surface area (Å²) in [4.78, 5) is 10.6. The summed E-state index contributed by atoms with van der Waals surface area (Å²) in [7, 11) is 0. The van der Waals surface area contributed by atoms with Crippen LogP contribution < -0.4 is 0 Å². The quantitative estimate of drug-likeness (QED) is 0.676. The molecule has 0 saturated carbocycles. The molecule has 1 nitrogen and oxygen atoms in total. The summed E-state index contributed by atoms with van der Waals surface area (Å²) in [6.07, 6.45) is 3.32. The van der Waals surface area contributed by atoms with Crippen molar-refractivity contribution in [2.45, 2.75) is 46.0 Å². The van der Waals surface area contributed by atoms with E-state index in [2.05, 4.69) is 39.8 Å². The largest absolute Gasteiger partial charge is 0.298 e. The molecular formula is C15H22O. The van der Waals surface area contributed by atoms with Crippen molar-refractivity contribution in [1.29, 1.82) is 0 Å². The van der Waals surface area contributed by atoms with Gasteiger partial charge in [0.25, 0.3) is 0 Å². The number of benzene rings is 1. The Morgan fingerprint density at radius 1 is 1.19 bits per heavy atom. The van der Waals surface area contributed by atoms with Gasteiger partial charge in [0.2, 0.25) is 0 Å². The topological polar surface area (TPSA) is 17.1 Å².